The second kappa shape index (κ2) is 7.99. The summed E-state index contributed by atoms with van der Waals surface area (Å²) in [4.78, 5) is 2.50. The summed E-state index contributed by atoms with van der Waals surface area (Å²) >= 11 is 6.06. The van der Waals surface area contributed by atoms with Crippen molar-refractivity contribution in [2.24, 2.45) is 0 Å². The van der Waals surface area contributed by atoms with Crippen LogP contribution in [0.5, 0.6) is 0 Å². The standard InChI is InChI=1S/C16H25ClN2O/c1-3-7-19-8-9-20-16(12-19)15(18-2)11-13-5-4-6-14(17)10-13/h4-6,10,15-16,18H,3,7-9,11-12H2,1-2H3. The fourth-order valence-electron chi connectivity index (χ4n) is 2.83. The molecule has 0 saturated carbocycles. The van der Waals surface area contributed by atoms with Crippen molar-refractivity contribution in [3.8, 4) is 0 Å². The molecule has 1 aromatic rings. The first-order valence-corrected chi connectivity index (χ1v) is 7.86. The second-order valence-corrected chi connectivity index (χ2v) is 5.88. The molecule has 0 amide bonds. The fourth-order valence-corrected chi connectivity index (χ4v) is 3.04. The monoisotopic (exact) mass is 296 g/mol. The summed E-state index contributed by atoms with van der Waals surface area (Å²) < 4.78 is 5.97. The summed E-state index contributed by atoms with van der Waals surface area (Å²) in [6, 6.07) is 8.42. The van der Waals surface area contributed by atoms with Gasteiger partial charge in [0, 0.05) is 24.2 Å². The normalized spacial score (nSPS) is 21.9. The van der Waals surface area contributed by atoms with Crippen LogP contribution in [0.1, 0.15) is 18.9 Å². The van der Waals surface area contributed by atoms with Crippen molar-refractivity contribution in [2.45, 2.75) is 31.9 Å². The maximum atomic E-state index is 6.06. The van der Waals surface area contributed by atoms with E-state index in [-0.39, 0.29) is 6.10 Å². The van der Waals surface area contributed by atoms with Crippen LogP contribution in [0.4, 0.5) is 0 Å². The van der Waals surface area contributed by atoms with Gasteiger partial charge < -0.3 is 10.1 Å². The van der Waals surface area contributed by atoms with Gasteiger partial charge in [-0.3, -0.25) is 4.90 Å². The molecule has 2 rings (SSSR count). The van der Waals surface area contributed by atoms with Crippen molar-refractivity contribution in [2.75, 3.05) is 33.3 Å². The quantitative estimate of drug-likeness (QED) is 0.873. The number of nitrogens with zero attached hydrogens (tertiary/aromatic N) is 1. The molecule has 1 heterocycles. The van der Waals surface area contributed by atoms with Crippen molar-refractivity contribution in [3.63, 3.8) is 0 Å². The zero-order valence-corrected chi connectivity index (χ0v) is 13.2. The van der Waals surface area contributed by atoms with Crippen molar-refractivity contribution in [1.29, 1.82) is 0 Å². The van der Waals surface area contributed by atoms with Crippen LogP contribution >= 0.6 is 11.6 Å². The van der Waals surface area contributed by atoms with E-state index >= 15 is 0 Å². The highest BCUT2D eigenvalue weighted by molar-refractivity contribution is 6.30. The van der Waals surface area contributed by atoms with Crippen molar-refractivity contribution >= 4 is 11.6 Å². The Morgan fingerprint density at radius 2 is 2.35 bits per heavy atom. The van der Waals surface area contributed by atoms with E-state index in [1.165, 1.54) is 12.0 Å². The van der Waals surface area contributed by atoms with Crippen molar-refractivity contribution < 1.29 is 4.74 Å². The van der Waals surface area contributed by atoms with Gasteiger partial charge in [-0.15, -0.1) is 0 Å². The van der Waals surface area contributed by atoms with E-state index in [4.69, 9.17) is 16.3 Å². The van der Waals surface area contributed by atoms with Gasteiger partial charge in [-0.05, 0) is 44.1 Å². The molecule has 1 N–H and O–H groups in total. The molecule has 0 spiro atoms. The summed E-state index contributed by atoms with van der Waals surface area (Å²) in [5.74, 6) is 0. The molecule has 20 heavy (non-hydrogen) atoms. The van der Waals surface area contributed by atoms with E-state index in [9.17, 15) is 0 Å². The number of rotatable bonds is 6. The molecule has 4 heteroatoms. The van der Waals surface area contributed by atoms with Gasteiger partial charge in [0.2, 0.25) is 0 Å². The molecule has 0 aromatic heterocycles. The number of nitrogens with one attached hydrogen (secondary N) is 1. The zero-order valence-electron chi connectivity index (χ0n) is 12.4. The third kappa shape index (κ3) is 4.45. The zero-order chi connectivity index (χ0) is 14.4. The lowest BCUT2D eigenvalue weighted by atomic mass is 10.00. The Balaban J connectivity index is 1.97. The van der Waals surface area contributed by atoms with Gasteiger partial charge in [0.15, 0.2) is 0 Å². The first-order valence-electron chi connectivity index (χ1n) is 7.48. The third-order valence-electron chi connectivity index (χ3n) is 3.88. The molecule has 1 aromatic carbocycles. The minimum atomic E-state index is 0.249. The topological polar surface area (TPSA) is 24.5 Å². The van der Waals surface area contributed by atoms with E-state index in [2.05, 4.69) is 23.2 Å². The Hall–Kier alpha value is -0.610. The summed E-state index contributed by atoms with van der Waals surface area (Å²) in [5, 5.41) is 4.21. The van der Waals surface area contributed by atoms with Crippen LogP contribution in [0.15, 0.2) is 24.3 Å². The first-order chi connectivity index (χ1) is 9.72. The molecule has 2 atom stereocenters. The highest BCUT2D eigenvalue weighted by Crippen LogP contribution is 2.16. The summed E-state index contributed by atoms with van der Waals surface area (Å²) in [5.41, 5.74) is 1.26. The highest BCUT2D eigenvalue weighted by Gasteiger charge is 2.27. The van der Waals surface area contributed by atoms with Gasteiger partial charge in [0.05, 0.1) is 12.7 Å². The molecule has 0 radical (unpaired) electrons. The average molecular weight is 297 g/mol. The van der Waals surface area contributed by atoms with Gasteiger partial charge in [0.1, 0.15) is 0 Å². The van der Waals surface area contributed by atoms with Crippen LogP contribution in [0.2, 0.25) is 5.02 Å². The molecule has 1 aliphatic heterocycles. The van der Waals surface area contributed by atoms with E-state index in [1.54, 1.807) is 0 Å². The maximum Gasteiger partial charge on any atom is 0.0858 e. The van der Waals surface area contributed by atoms with Crippen LogP contribution in [0, 0.1) is 0 Å². The summed E-state index contributed by atoms with van der Waals surface area (Å²) in [6.45, 7) is 6.29. The smallest absolute Gasteiger partial charge is 0.0858 e. The van der Waals surface area contributed by atoms with Gasteiger partial charge in [-0.1, -0.05) is 30.7 Å². The third-order valence-corrected chi connectivity index (χ3v) is 4.12. The fraction of sp³-hybridized carbons (Fsp3) is 0.625. The average Bonchev–Trinajstić information content (AvgIpc) is 2.45. The van der Waals surface area contributed by atoms with Gasteiger partial charge in [-0.2, -0.15) is 0 Å². The molecule has 1 fully saturated rings. The lowest BCUT2D eigenvalue weighted by Crippen LogP contribution is -2.52. The molecule has 1 aliphatic rings. The predicted octanol–water partition coefficient (Wildman–Crippen LogP) is 2.58. The lowest BCUT2D eigenvalue weighted by Gasteiger charge is -2.37. The number of likely N-dealkylation sites (N-methyl/N-ethyl adjacent to an activating group) is 1. The maximum absolute atomic E-state index is 6.06. The molecule has 112 valence electrons. The van der Waals surface area contributed by atoms with Crippen LogP contribution < -0.4 is 5.32 Å². The number of hydrogen-bond donors (Lipinski definition) is 1. The molecule has 0 aliphatic carbocycles. The SMILES string of the molecule is CCCN1CCOC(C(Cc2cccc(Cl)c2)NC)C1. The molecular formula is C16H25ClN2O. The van der Waals surface area contributed by atoms with Crippen molar-refractivity contribution in [3.05, 3.63) is 34.9 Å². The van der Waals surface area contributed by atoms with Crippen molar-refractivity contribution in [1.82, 2.24) is 10.2 Å². The minimum Gasteiger partial charge on any atom is -0.374 e. The van der Waals surface area contributed by atoms with E-state index in [0.717, 1.165) is 37.7 Å². The number of benzene rings is 1. The van der Waals surface area contributed by atoms with Crippen LogP contribution in [-0.4, -0.2) is 50.3 Å². The Morgan fingerprint density at radius 3 is 3.05 bits per heavy atom. The summed E-state index contributed by atoms with van der Waals surface area (Å²) in [7, 11) is 2.01. The number of ether oxygens (including phenoxy) is 1. The van der Waals surface area contributed by atoms with Gasteiger partial charge >= 0.3 is 0 Å². The van der Waals surface area contributed by atoms with E-state index in [0.29, 0.717) is 6.04 Å². The van der Waals surface area contributed by atoms with Crippen LogP contribution in [-0.2, 0) is 11.2 Å². The minimum absolute atomic E-state index is 0.249. The molecular weight excluding hydrogens is 272 g/mol. The Morgan fingerprint density at radius 1 is 1.50 bits per heavy atom. The Labute approximate surface area is 127 Å². The first kappa shape index (κ1) is 15.8. The number of morpholine rings is 1. The lowest BCUT2D eigenvalue weighted by molar-refractivity contribution is -0.0450. The van der Waals surface area contributed by atoms with Gasteiger partial charge in [-0.25, -0.2) is 0 Å². The highest BCUT2D eigenvalue weighted by atomic mass is 35.5. The number of halogens is 1. The van der Waals surface area contributed by atoms with Crippen LogP contribution in [0.3, 0.4) is 0 Å². The molecule has 2 unspecified atom stereocenters. The Bertz CT molecular complexity index is 411. The molecule has 0 bridgehead atoms. The number of hydrogen-bond acceptors (Lipinski definition) is 3. The van der Waals surface area contributed by atoms with E-state index in [1.807, 2.05) is 25.2 Å². The second-order valence-electron chi connectivity index (χ2n) is 5.44. The van der Waals surface area contributed by atoms with E-state index < -0.39 is 0 Å². The summed E-state index contributed by atoms with van der Waals surface area (Å²) in [6.07, 6.45) is 2.40. The molecule has 1 saturated heterocycles. The van der Waals surface area contributed by atoms with Crippen LogP contribution in [0.25, 0.3) is 0 Å². The largest absolute Gasteiger partial charge is 0.374 e. The Kier molecular flexibility index (Phi) is 6.30. The molecule has 3 nitrogen and oxygen atoms in total. The van der Waals surface area contributed by atoms with Gasteiger partial charge in [0.25, 0.3) is 0 Å². The predicted molar refractivity (Wildman–Crippen MR) is 84.5 cm³/mol.